The fraction of sp³-hybridized carbons (Fsp3) is 0.357. The number of halogens is 2. The molecule has 3 aromatic rings. The van der Waals surface area contributed by atoms with E-state index in [4.69, 9.17) is 44.1 Å². The molecule has 4 N–H and O–H groups in total. The fourth-order valence-electron chi connectivity index (χ4n) is 6.98. The third-order valence-corrected chi connectivity index (χ3v) is 8.44. The molecule has 0 aliphatic heterocycles. The van der Waals surface area contributed by atoms with Gasteiger partial charge in [0.25, 0.3) is 0 Å². The van der Waals surface area contributed by atoms with Crippen molar-refractivity contribution in [3.63, 3.8) is 0 Å². The number of hydrogen-bond acceptors (Lipinski definition) is 4. The molecule has 4 bridgehead atoms. The van der Waals surface area contributed by atoms with E-state index >= 15 is 0 Å². The summed E-state index contributed by atoms with van der Waals surface area (Å²) in [6, 6.07) is 16.7. The number of rotatable bonds is 5. The molecule has 0 spiro atoms. The van der Waals surface area contributed by atoms with Crippen LogP contribution in [0.15, 0.2) is 54.6 Å². The van der Waals surface area contributed by atoms with Crippen LogP contribution in [-0.4, -0.2) is 0 Å². The Balaban J connectivity index is 1.48. The third kappa shape index (κ3) is 3.87. The van der Waals surface area contributed by atoms with Gasteiger partial charge in [-0.05, 0) is 92.0 Å². The Kier molecular flexibility index (Phi) is 5.34. The molecular formula is C28H28Cl2N2O2. The summed E-state index contributed by atoms with van der Waals surface area (Å²) < 4.78 is 12.9. The average Bonchev–Trinajstić information content (AvgIpc) is 2.79. The number of benzene rings is 3. The Hall–Kier alpha value is -2.56. The van der Waals surface area contributed by atoms with Crippen LogP contribution < -0.4 is 20.9 Å². The zero-order valence-electron chi connectivity index (χ0n) is 18.9. The molecule has 0 aromatic heterocycles. The fourth-order valence-corrected chi connectivity index (χ4v) is 7.31. The zero-order valence-corrected chi connectivity index (χ0v) is 20.4. The number of anilines is 2. The summed E-state index contributed by atoms with van der Waals surface area (Å²) in [4.78, 5) is 0. The van der Waals surface area contributed by atoms with Gasteiger partial charge in [0.1, 0.15) is 0 Å². The minimum Gasteiger partial charge on any atom is -0.451 e. The predicted molar refractivity (Wildman–Crippen MR) is 138 cm³/mol. The highest BCUT2D eigenvalue weighted by Crippen LogP contribution is 2.63. The number of para-hydroxylation sites is 1. The van der Waals surface area contributed by atoms with Gasteiger partial charge in [-0.3, -0.25) is 0 Å². The second-order valence-electron chi connectivity index (χ2n) is 10.4. The van der Waals surface area contributed by atoms with Gasteiger partial charge in [0, 0.05) is 27.7 Å². The van der Waals surface area contributed by atoms with Gasteiger partial charge in [-0.1, -0.05) is 35.3 Å². The van der Waals surface area contributed by atoms with E-state index in [1.54, 1.807) is 36.4 Å². The monoisotopic (exact) mass is 494 g/mol. The summed E-state index contributed by atoms with van der Waals surface area (Å²) in [5.74, 6) is 4.70. The van der Waals surface area contributed by atoms with Crippen LogP contribution in [0.3, 0.4) is 0 Å². The molecule has 0 amide bonds. The largest absolute Gasteiger partial charge is 0.451 e. The first-order valence-electron chi connectivity index (χ1n) is 12.0. The highest BCUT2D eigenvalue weighted by atomic mass is 35.5. The molecule has 34 heavy (non-hydrogen) atoms. The van der Waals surface area contributed by atoms with Crippen LogP contribution in [0.5, 0.6) is 23.0 Å². The van der Waals surface area contributed by atoms with Crippen LogP contribution in [0.25, 0.3) is 0 Å². The van der Waals surface area contributed by atoms with Crippen LogP contribution in [0.4, 0.5) is 11.4 Å². The maximum atomic E-state index is 6.58. The maximum absolute atomic E-state index is 6.58. The predicted octanol–water partition coefficient (Wildman–Crippen LogP) is 8.21. The van der Waals surface area contributed by atoms with Gasteiger partial charge in [0.15, 0.2) is 23.0 Å². The SMILES string of the molecule is Nc1ccc(Cl)cc1Oc1cccc(C23CC4CC(CC(C4)C2)C3)c1Oc1cc(Cl)ccc1N. The lowest BCUT2D eigenvalue weighted by Crippen LogP contribution is -2.48. The van der Waals surface area contributed by atoms with Gasteiger partial charge in [-0.15, -0.1) is 0 Å². The van der Waals surface area contributed by atoms with E-state index in [0.29, 0.717) is 44.4 Å². The second-order valence-corrected chi connectivity index (χ2v) is 11.3. The minimum absolute atomic E-state index is 0.0939. The Labute approximate surface area is 210 Å². The highest BCUT2D eigenvalue weighted by molar-refractivity contribution is 6.31. The Morgan fingerprint density at radius 3 is 1.76 bits per heavy atom. The molecule has 0 unspecified atom stereocenters. The molecule has 0 atom stereocenters. The van der Waals surface area contributed by atoms with Crippen LogP contribution in [0.2, 0.25) is 10.0 Å². The Morgan fingerprint density at radius 1 is 0.676 bits per heavy atom. The quantitative estimate of drug-likeness (QED) is 0.350. The van der Waals surface area contributed by atoms with Crippen molar-refractivity contribution in [2.24, 2.45) is 17.8 Å². The Bertz CT molecular complexity index is 1220. The van der Waals surface area contributed by atoms with Crippen molar-refractivity contribution < 1.29 is 9.47 Å². The van der Waals surface area contributed by atoms with Gasteiger partial charge in [-0.25, -0.2) is 0 Å². The highest BCUT2D eigenvalue weighted by Gasteiger charge is 2.52. The van der Waals surface area contributed by atoms with Crippen molar-refractivity contribution >= 4 is 34.6 Å². The van der Waals surface area contributed by atoms with Crippen LogP contribution in [0, 0.1) is 17.8 Å². The van der Waals surface area contributed by atoms with E-state index < -0.39 is 0 Å². The van der Waals surface area contributed by atoms with Crippen molar-refractivity contribution in [3.05, 3.63) is 70.2 Å². The van der Waals surface area contributed by atoms with Crippen LogP contribution in [-0.2, 0) is 5.41 Å². The van der Waals surface area contributed by atoms with Crippen molar-refractivity contribution in [1.82, 2.24) is 0 Å². The van der Waals surface area contributed by atoms with Crippen molar-refractivity contribution in [2.45, 2.75) is 43.9 Å². The number of hydrogen-bond donors (Lipinski definition) is 2. The number of ether oxygens (including phenoxy) is 2. The lowest BCUT2D eigenvalue weighted by atomic mass is 9.48. The molecule has 4 aliphatic rings. The molecule has 176 valence electrons. The van der Waals surface area contributed by atoms with Crippen LogP contribution in [0.1, 0.15) is 44.1 Å². The van der Waals surface area contributed by atoms with Gasteiger partial charge in [0.05, 0.1) is 11.4 Å². The minimum atomic E-state index is 0.0939. The lowest BCUT2D eigenvalue weighted by Gasteiger charge is -2.57. The molecular weight excluding hydrogens is 467 g/mol. The van der Waals surface area contributed by atoms with E-state index in [1.807, 2.05) is 6.07 Å². The van der Waals surface area contributed by atoms with E-state index in [1.165, 1.54) is 44.1 Å². The molecule has 0 heterocycles. The van der Waals surface area contributed by atoms with Gasteiger partial charge in [0.2, 0.25) is 0 Å². The Morgan fingerprint density at radius 2 is 1.21 bits per heavy atom. The molecule has 4 saturated carbocycles. The van der Waals surface area contributed by atoms with E-state index in [2.05, 4.69) is 12.1 Å². The van der Waals surface area contributed by atoms with E-state index in [-0.39, 0.29) is 5.41 Å². The van der Waals surface area contributed by atoms with Gasteiger partial charge in [-0.2, -0.15) is 0 Å². The molecule has 0 radical (unpaired) electrons. The summed E-state index contributed by atoms with van der Waals surface area (Å²) in [5.41, 5.74) is 14.8. The summed E-state index contributed by atoms with van der Waals surface area (Å²) in [5, 5.41) is 1.13. The first-order chi connectivity index (χ1) is 16.4. The molecule has 3 aromatic carbocycles. The summed E-state index contributed by atoms with van der Waals surface area (Å²) in [6.45, 7) is 0. The van der Waals surface area contributed by atoms with Gasteiger partial charge >= 0.3 is 0 Å². The molecule has 4 fully saturated rings. The molecule has 0 saturated heterocycles. The van der Waals surface area contributed by atoms with E-state index in [9.17, 15) is 0 Å². The first-order valence-corrected chi connectivity index (χ1v) is 12.7. The number of nitrogens with two attached hydrogens (primary N) is 2. The van der Waals surface area contributed by atoms with Crippen LogP contribution >= 0.6 is 23.2 Å². The smallest absolute Gasteiger partial charge is 0.173 e. The average molecular weight is 495 g/mol. The normalized spacial score (nSPS) is 27.1. The number of nitrogen functional groups attached to an aromatic ring is 2. The van der Waals surface area contributed by atoms with Crippen molar-refractivity contribution in [2.75, 3.05) is 11.5 Å². The zero-order chi connectivity index (χ0) is 23.4. The van der Waals surface area contributed by atoms with Gasteiger partial charge < -0.3 is 20.9 Å². The molecule has 6 heteroatoms. The molecule has 7 rings (SSSR count). The van der Waals surface area contributed by atoms with Crippen molar-refractivity contribution in [1.29, 1.82) is 0 Å². The van der Waals surface area contributed by atoms with E-state index in [0.717, 1.165) is 17.8 Å². The third-order valence-electron chi connectivity index (χ3n) is 7.97. The summed E-state index contributed by atoms with van der Waals surface area (Å²) in [6.07, 6.45) is 7.69. The molecule has 4 aliphatic carbocycles. The first kappa shape index (κ1) is 21.9. The maximum Gasteiger partial charge on any atom is 0.173 e. The molecule has 4 nitrogen and oxygen atoms in total. The standard InChI is InChI=1S/C28H28Cl2N2O2/c29-19-4-6-22(31)25(11-19)33-24-3-1-2-21(27(24)34-26-12-20(30)5-7-23(26)32)28-13-16-8-17(14-28)10-18(9-16)15-28/h1-7,11-12,16-18H,8-10,13-15,31-32H2. The lowest BCUT2D eigenvalue weighted by molar-refractivity contribution is -0.00608. The summed E-state index contributed by atoms with van der Waals surface area (Å²) in [7, 11) is 0. The second kappa shape index (κ2) is 8.28. The topological polar surface area (TPSA) is 70.5 Å². The summed E-state index contributed by atoms with van der Waals surface area (Å²) >= 11 is 12.5. The van der Waals surface area contributed by atoms with Crippen molar-refractivity contribution in [3.8, 4) is 23.0 Å².